The highest BCUT2D eigenvalue weighted by molar-refractivity contribution is 6.04. The molecule has 0 unspecified atom stereocenters. The van der Waals surface area contributed by atoms with Crippen molar-refractivity contribution in [2.75, 3.05) is 12.4 Å². The van der Waals surface area contributed by atoms with Crippen molar-refractivity contribution < 1.29 is 18.3 Å². The second-order valence-corrected chi connectivity index (χ2v) is 6.70. The molecule has 3 aromatic rings. The fourth-order valence-electron chi connectivity index (χ4n) is 3.19. The van der Waals surface area contributed by atoms with E-state index in [0.717, 1.165) is 40.2 Å². The van der Waals surface area contributed by atoms with E-state index >= 15 is 0 Å². The maximum absolute atomic E-state index is 13.8. The number of carbonyl (C=O) groups is 1. The van der Waals surface area contributed by atoms with Crippen LogP contribution < -0.4 is 10.1 Å². The third-order valence-corrected chi connectivity index (χ3v) is 4.50. The van der Waals surface area contributed by atoms with Gasteiger partial charge in [-0.25, -0.2) is 8.78 Å². The lowest BCUT2D eigenvalue weighted by Gasteiger charge is -2.15. The van der Waals surface area contributed by atoms with Crippen LogP contribution in [0.4, 0.5) is 14.5 Å². The van der Waals surface area contributed by atoms with E-state index in [9.17, 15) is 13.6 Å². The van der Waals surface area contributed by atoms with Crippen LogP contribution in [0, 0.1) is 11.6 Å². The number of allylic oxidation sites excluding steroid dienone is 1. The predicted molar refractivity (Wildman–Crippen MR) is 111 cm³/mol. The molecule has 0 aliphatic carbocycles. The van der Waals surface area contributed by atoms with E-state index < -0.39 is 23.1 Å². The lowest BCUT2D eigenvalue weighted by molar-refractivity contribution is 0.101. The smallest absolute Gasteiger partial charge is 0.261 e. The Morgan fingerprint density at radius 2 is 1.48 bits per heavy atom. The number of amides is 1. The van der Waals surface area contributed by atoms with Crippen molar-refractivity contribution in [3.63, 3.8) is 0 Å². The molecular weight excluding hydrogens is 372 g/mol. The van der Waals surface area contributed by atoms with E-state index in [0.29, 0.717) is 5.69 Å². The van der Waals surface area contributed by atoms with Gasteiger partial charge in [-0.1, -0.05) is 42.0 Å². The number of anilines is 1. The Labute approximate surface area is 168 Å². The Morgan fingerprint density at radius 1 is 0.862 bits per heavy atom. The van der Waals surface area contributed by atoms with Crippen molar-refractivity contribution in [3.05, 3.63) is 101 Å². The number of hydrogen-bond donors (Lipinski definition) is 1. The molecule has 5 heteroatoms. The molecule has 148 valence electrons. The molecule has 1 N–H and O–H groups in total. The van der Waals surface area contributed by atoms with Crippen molar-refractivity contribution in [1.82, 2.24) is 0 Å². The van der Waals surface area contributed by atoms with Gasteiger partial charge in [0.2, 0.25) is 0 Å². The number of hydrogen-bond acceptors (Lipinski definition) is 2. The normalized spacial score (nSPS) is 10.4. The van der Waals surface area contributed by atoms with E-state index in [2.05, 4.69) is 5.32 Å². The number of ether oxygens (including phenoxy) is 1. The molecule has 0 spiro atoms. The summed E-state index contributed by atoms with van der Waals surface area (Å²) in [5.74, 6) is -1.87. The topological polar surface area (TPSA) is 38.3 Å². The van der Waals surface area contributed by atoms with Crippen LogP contribution >= 0.6 is 0 Å². The van der Waals surface area contributed by atoms with Gasteiger partial charge < -0.3 is 10.1 Å². The van der Waals surface area contributed by atoms with Crippen LogP contribution in [0.25, 0.3) is 5.57 Å². The SMILES string of the molecule is COc1ccccc1C(=C(C)C)c1ccc(NC(=O)c2c(F)cccc2F)cc1. The Morgan fingerprint density at radius 3 is 2.07 bits per heavy atom. The molecule has 3 aromatic carbocycles. The average molecular weight is 393 g/mol. The summed E-state index contributed by atoms with van der Waals surface area (Å²) in [6.45, 7) is 4.02. The van der Waals surface area contributed by atoms with Gasteiger partial charge in [-0.15, -0.1) is 0 Å². The molecule has 0 heterocycles. The van der Waals surface area contributed by atoms with E-state index in [1.54, 1.807) is 19.2 Å². The standard InChI is InChI=1S/C24H21F2NO2/c1-15(2)22(18-7-4-5-10-21(18)29-3)16-11-13-17(14-12-16)27-24(28)23-19(25)8-6-9-20(23)26/h4-14H,1-3H3,(H,27,28). The fourth-order valence-corrected chi connectivity index (χ4v) is 3.19. The zero-order chi connectivity index (χ0) is 21.0. The molecule has 0 aromatic heterocycles. The molecule has 0 saturated carbocycles. The molecule has 3 nitrogen and oxygen atoms in total. The number of nitrogens with one attached hydrogen (secondary N) is 1. The third kappa shape index (κ3) is 4.35. The highest BCUT2D eigenvalue weighted by atomic mass is 19.1. The van der Waals surface area contributed by atoms with Gasteiger partial charge in [0, 0.05) is 11.3 Å². The monoisotopic (exact) mass is 393 g/mol. The minimum atomic E-state index is -0.901. The van der Waals surface area contributed by atoms with E-state index in [1.807, 2.05) is 50.2 Å². The highest BCUT2D eigenvalue weighted by Crippen LogP contribution is 2.33. The highest BCUT2D eigenvalue weighted by Gasteiger charge is 2.17. The Kier molecular flexibility index (Phi) is 6.07. The molecule has 0 aliphatic rings. The third-order valence-electron chi connectivity index (χ3n) is 4.50. The van der Waals surface area contributed by atoms with E-state index in [-0.39, 0.29) is 0 Å². The van der Waals surface area contributed by atoms with Gasteiger partial charge in [0.15, 0.2) is 0 Å². The zero-order valence-electron chi connectivity index (χ0n) is 16.4. The first-order chi connectivity index (χ1) is 13.9. The number of benzene rings is 3. The van der Waals surface area contributed by atoms with Crippen LogP contribution in [-0.4, -0.2) is 13.0 Å². The van der Waals surface area contributed by atoms with E-state index in [4.69, 9.17) is 4.74 Å². The molecule has 0 radical (unpaired) electrons. The Balaban J connectivity index is 1.89. The number of para-hydroxylation sites is 1. The summed E-state index contributed by atoms with van der Waals surface area (Å²) in [5.41, 5.74) is 3.84. The molecule has 0 atom stereocenters. The molecule has 0 saturated heterocycles. The number of rotatable bonds is 5. The first-order valence-corrected chi connectivity index (χ1v) is 9.09. The van der Waals surface area contributed by atoms with E-state index in [1.165, 1.54) is 6.07 Å². The molecule has 0 fully saturated rings. The molecule has 0 aliphatic heterocycles. The summed E-state index contributed by atoms with van der Waals surface area (Å²) < 4.78 is 33.1. The van der Waals surface area contributed by atoms with Gasteiger partial charge in [0.1, 0.15) is 22.9 Å². The fraction of sp³-hybridized carbons (Fsp3) is 0.125. The van der Waals surface area contributed by atoms with Crippen molar-refractivity contribution in [1.29, 1.82) is 0 Å². The predicted octanol–water partition coefficient (Wildman–Crippen LogP) is 6.07. The van der Waals surface area contributed by atoms with Gasteiger partial charge in [0.25, 0.3) is 5.91 Å². The minimum Gasteiger partial charge on any atom is -0.496 e. The van der Waals surface area contributed by atoms with Crippen molar-refractivity contribution in [2.24, 2.45) is 0 Å². The quantitative estimate of drug-likeness (QED) is 0.572. The summed E-state index contributed by atoms with van der Waals surface area (Å²) in [7, 11) is 1.63. The summed E-state index contributed by atoms with van der Waals surface area (Å²) in [6, 6.07) is 18.1. The van der Waals surface area contributed by atoms with Crippen LogP contribution in [0.5, 0.6) is 5.75 Å². The van der Waals surface area contributed by atoms with Gasteiger partial charge >= 0.3 is 0 Å². The average Bonchev–Trinajstić information content (AvgIpc) is 2.69. The Bertz CT molecular complexity index is 1050. The minimum absolute atomic E-state index is 0.439. The zero-order valence-corrected chi connectivity index (χ0v) is 16.4. The second kappa shape index (κ2) is 8.69. The van der Waals surface area contributed by atoms with Crippen molar-refractivity contribution >= 4 is 17.2 Å². The van der Waals surface area contributed by atoms with Gasteiger partial charge in [0.05, 0.1) is 7.11 Å². The van der Waals surface area contributed by atoms with Crippen LogP contribution in [0.2, 0.25) is 0 Å². The van der Waals surface area contributed by atoms with Gasteiger partial charge in [-0.05, 0) is 55.3 Å². The van der Waals surface area contributed by atoms with Crippen LogP contribution in [0.15, 0.2) is 72.3 Å². The first kappa shape index (κ1) is 20.3. The molecule has 1 amide bonds. The number of methoxy groups -OCH3 is 1. The molecule has 3 rings (SSSR count). The van der Waals surface area contributed by atoms with Gasteiger partial charge in [-0.2, -0.15) is 0 Å². The number of halogens is 2. The van der Waals surface area contributed by atoms with Crippen molar-refractivity contribution in [3.8, 4) is 5.75 Å². The second-order valence-electron chi connectivity index (χ2n) is 6.70. The van der Waals surface area contributed by atoms with Crippen LogP contribution in [0.3, 0.4) is 0 Å². The maximum atomic E-state index is 13.8. The van der Waals surface area contributed by atoms with Gasteiger partial charge in [-0.3, -0.25) is 4.79 Å². The number of carbonyl (C=O) groups excluding carboxylic acids is 1. The summed E-state index contributed by atoms with van der Waals surface area (Å²) in [6.07, 6.45) is 0. The summed E-state index contributed by atoms with van der Waals surface area (Å²) in [4.78, 5) is 12.3. The molecule has 0 bridgehead atoms. The first-order valence-electron chi connectivity index (χ1n) is 9.09. The largest absolute Gasteiger partial charge is 0.496 e. The summed E-state index contributed by atoms with van der Waals surface area (Å²) >= 11 is 0. The lowest BCUT2D eigenvalue weighted by atomic mass is 9.93. The molecule has 29 heavy (non-hydrogen) atoms. The summed E-state index contributed by atoms with van der Waals surface area (Å²) in [5, 5.41) is 2.54. The van der Waals surface area contributed by atoms with Crippen molar-refractivity contribution in [2.45, 2.75) is 13.8 Å². The van der Waals surface area contributed by atoms with Crippen LogP contribution in [-0.2, 0) is 0 Å². The Hall–Kier alpha value is -3.47. The molecular formula is C24H21F2NO2. The lowest BCUT2D eigenvalue weighted by Crippen LogP contribution is -2.15. The van der Waals surface area contributed by atoms with Crippen LogP contribution in [0.1, 0.15) is 35.3 Å². The maximum Gasteiger partial charge on any atom is 0.261 e.